The zero-order chi connectivity index (χ0) is 21.8. The number of hydrogen-bond donors (Lipinski definition) is 2. The molecule has 3 aromatic carbocycles. The first kappa shape index (κ1) is 20.4. The van der Waals surface area contributed by atoms with Gasteiger partial charge in [0, 0.05) is 12.1 Å². The maximum Gasteiger partial charge on any atom is 0.410 e. The fourth-order valence-corrected chi connectivity index (χ4v) is 3.67. The molecule has 7 nitrogen and oxygen atoms in total. The number of nitrogens with zero attached hydrogens (tertiary/aromatic N) is 1. The van der Waals surface area contributed by atoms with Gasteiger partial charge < -0.3 is 15.2 Å². The van der Waals surface area contributed by atoms with Crippen molar-refractivity contribution in [1.82, 2.24) is 4.90 Å². The Kier molecular flexibility index (Phi) is 5.84. The van der Waals surface area contributed by atoms with Crippen molar-refractivity contribution in [3.05, 3.63) is 77.9 Å². The molecule has 4 rings (SSSR count). The largest absolute Gasteiger partial charge is 0.445 e. The summed E-state index contributed by atoms with van der Waals surface area (Å²) >= 11 is 0. The number of likely N-dealkylation sites (tertiary alicyclic amines) is 1. The molecule has 1 unspecified atom stereocenters. The Hall–Kier alpha value is -3.87. The van der Waals surface area contributed by atoms with Crippen LogP contribution < -0.4 is 10.5 Å². The van der Waals surface area contributed by atoms with Crippen LogP contribution in [-0.4, -0.2) is 35.4 Å². The summed E-state index contributed by atoms with van der Waals surface area (Å²) in [7, 11) is 0. The number of amides is 1. The van der Waals surface area contributed by atoms with E-state index in [0.717, 1.165) is 16.3 Å². The fourth-order valence-electron chi connectivity index (χ4n) is 3.67. The van der Waals surface area contributed by atoms with Crippen LogP contribution in [0.15, 0.2) is 66.7 Å². The Balaban J connectivity index is 1.41. The summed E-state index contributed by atoms with van der Waals surface area (Å²) in [6, 6.07) is 19.4. The fraction of sp³-hybridized carbons (Fsp3) is 0.208. The maximum absolute atomic E-state index is 12.8. The normalized spacial score (nSPS) is 15.6. The van der Waals surface area contributed by atoms with E-state index in [-0.39, 0.29) is 12.4 Å². The number of nitrogen functional groups attached to an aromatic ring is 1. The lowest BCUT2D eigenvalue weighted by Crippen LogP contribution is -2.42. The Morgan fingerprint density at radius 2 is 1.77 bits per heavy atom. The van der Waals surface area contributed by atoms with E-state index in [4.69, 9.17) is 20.6 Å². The van der Waals surface area contributed by atoms with Gasteiger partial charge in [-0.2, -0.15) is 0 Å². The summed E-state index contributed by atoms with van der Waals surface area (Å²) in [5.74, 6) is -0.0793. The third kappa shape index (κ3) is 4.66. The molecule has 31 heavy (non-hydrogen) atoms. The summed E-state index contributed by atoms with van der Waals surface area (Å²) in [6.45, 7) is 0.615. The lowest BCUT2D eigenvalue weighted by atomic mass is 10.1. The monoisotopic (exact) mass is 417 g/mol. The molecule has 1 fully saturated rings. The summed E-state index contributed by atoms with van der Waals surface area (Å²) in [5.41, 5.74) is 7.05. The molecule has 0 radical (unpaired) electrons. The topological polar surface area (TPSA) is 106 Å². The van der Waals surface area contributed by atoms with Crippen LogP contribution in [0.1, 0.15) is 24.0 Å². The highest BCUT2D eigenvalue weighted by Crippen LogP contribution is 2.25. The highest BCUT2D eigenvalue weighted by molar-refractivity contribution is 5.99. The van der Waals surface area contributed by atoms with Crippen LogP contribution in [0.4, 0.5) is 4.79 Å². The number of amidine groups is 1. The standard InChI is InChI=1S/C24H23N3O4/c25-22(26)19-9-8-18-14-20(11-10-17(18)13-19)31-23(28)21-7-4-12-27(21)24(29)30-15-16-5-2-1-3-6-16/h1-3,5-6,8-11,13-14,21H,4,7,12,15H2,(H3,25,26). The molecule has 0 spiro atoms. The lowest BCUT2D eigenvalue weighted by Gasteiger charge is -2.22. The molecule has 3 N–H and O–H groups in total. The molecule has 0 aliphatic carbocycles. The van der Waals surface area contributed by atoms with E-state index in [0.29, 0.717) is 30.7 Å². The van der Waals surface area contributed by atoms with Gasteiger partial charge in [-0.1, -0.05) is 48.5 Å². The number of hydrogen-bond acceptors (Lipinski definition) is 5. The van der Waals surface area contributed by atoms with Crippen LogP contribution in [0.25, 0.3) is 10.8 Å². The number of nitrogens with two attached hydrogens (primary N) is 1. The molecule has 1 saturated heterocycles. The van der Waals surface area contributed by atoms with E-state index in [1.165, 1.54) is 4.90 Å². The van der Waals surface area contributed by atoms with Crippen LogP contribution in [0.5, 0.6) is 5.75 Å². The second kappa shape index (κ2) is 8.87. The molecule has 1 heterocycles. The Bertz CT molecular complexity index is 1130. The number of carbonyl (C=O) groups excluding carboxylic acids is 2. The number of fused-ring (bicyclic) bond motifs is 1. The quantitative estimate of drug-likeness (QED) is 0.284. The Morgan fingerprint density at radius 1 is 1.03 bits per heavy atom. The predicted molar refractivity (Wildman–Crippen MR) is 117 cm³/mol. The highest BCUT2D eigenvalue weighted by atomic mass is 16.6. The molecule has 0 aromatic heterocycles. The second-order valence-electron chi connectivity index (χ2n) is 7.45. The third-order valence-electron chi connectivity index (χ3n) is 5.31. The zero-order valence-electron chi connectivity index (χ0n) is 16.9. The number of esters is 1. The predicted octanol–water partition coefficient (Wildman–Crippen LogP) is 3.83. The van der Waals surface area contributed by atoms with Crippen LogP contribution >= 0.6 is 0 Å². The van der Waals surface area contributed by atoms with E-state index < -0.39 is 18.1 Å². The smallest absolute Gasteiger partial charge is 0.410 e. The summed E-state index contributed by atoms with van der Waals surface area (Å²) < 4.78 is 11.0. The van der Waals surface area contributed by atoms with Gasteiger partial charge in [0.1, 0.15) is 24.2 Å². The van der Waals surface area contributed by atoms with Gasteiger partial charge in [-0.15, -0.1) is 0 Å². The molecule has 3 aromatic rings. The minimum absolute atomic E-state index is 0.00196. The van der Waals surface area contributed by atoms with Crippen molar-refractivity contribution in [2.24, 2.45) is 5.73 Å². The van der Waals surface area contributed by atoms with Crippen LogP contribution in [0.2, 0.25) is 0 Å². The number of carbonyl (C=O) groups is 2. The van der Waals surface area contributed by atoms with Crippen molar-refractivity contribution >= 4 is 28.7 Å². The highest BCUT2D eigenvalue weighted by Gasteiger charge is 2.36. The first-order valence-electron chi connectivity index (χ1n) is 10.1. The van der Waals surface area contributed by atoms with Gasteiger partial charge in [0.05, 0.1) is 0 Å². The summed E-state index contributed by atoms with van der Waals surface area (Å²) in [5, 5.41) is 9.29. The average Bonchev–Trinajstić information content (AvgIpc) is 3.28. The molecular formula is C24H23N3O4. The van der Waals surface area contributed by atoms with Crippen molar-refractivity contribution in [2.45, 2.75) is 25.5 Å². The molecule has 1 amide bonds. The van der Waals surface area contributed by atoms with E-state index in [9.17, 15) is 9.59 Å². The van der Waals surface area contributed by atoms with Crippen molar-refractivity contribution in [2.75, 3.05) is 6.54 Å². The van der Waals surface area contributed by atoms with Gasteiger partial charge in [-0.05, 0) is 47.4 Å². The second-order valence-corrected chi connectivity index (χ2v) is 7.45. The van der Waals surface area contributed by atoms with E-state index >= 15 is 0 Å². The lowest BCUT2D eigenvalue weighted by molar-refractivity contribution is -0.139. The number of benzene rings is 3. The maximum atomic E-state index is 12.8. The minimum atomic E-state index is -0.668. The van der Waals surface area contributed by atoms with Gasteiger partial charge in [0.2, 0.25) is 0 Å². The molecule has 7 heteroatoms. The Labute approximate surface area is 179 Å². The van der Waals surface area contributed by atoms with Crippen molar-refractivity contribution in [1.29, 1.82) is 5.41 Å². The average molecular weight is 417 g/mol. The molecule has 158 valence electrons. The zero-order valence-corrected chi connectivity index (χ0v) is 16.9. The number of ether oxygens (including phenoxy) is 2. The van der Waals surface area contributed by atoms with E-state index in [1.807, 2.05) is 48.5 Å². The number of nitrogens with one attached hydrogen (secondary N) is 1. The first-order valence-corrected chi connectivity index (χ1v) is 10.1. The molecule has 1 atom stereocenters. The van der Waals surface area contributed by atoms with Crippen molar-refractivity contribution < 1.29 is 19.1 Å². The summed E-state index contributed by atoms with van der Waals surface area (Å²) in [6.07, 6.45) is 0.735. The Morgan fingerprint density at radius 3 is 2.55 bits per heavy atom. The molecule has 0 bridgehead atoms. The minimum Gasteiger partial charge on any atom is -0.445 e. The van der Waals surface area contributed by atoms with Gasteiger partial charge in [-0.25, -0.2) is 9.59 Å². The van der Waals surface area contributed by atoms with Gasteiger partial charge in [0.25, 0.3) is 0 Å². The molecule has 1 aliphatic heterocycles. The first-order chi connectivity index (χ1) is 15.0. The van der Waals surface area contributed by atoms with Crippen LogP contribution in [0.3, 0.4) is 0 Å². The van der Waals surface area contributed by atoms with E-state index in [1.54, 1.807) is 18.2 Å². The molecule has 0 saturated carbocycles. The van der Waals surface area contributed by atoms with E-state index in [2.05, 4.69) is 0 Å². The van der Waals surface area contributed by atoms with Gasteiger partial charge in [0.15, 0.2) is 0 Å². The van der Waals surface area contributed by atoms with Crippen molar-refractivity contribution in [3.63, 3.8) is 0 Å². The summed E-state index contributed by atoms with van der Waals surface area (Å²) in [4.78, 5) is 26.7. The third-order valence-corrected chi connectivity index (χ3v) is 5.31. The molecule has 1 aliphatic rings. The van der Waals surface area contributed by atoms with Crippen molar-refractivity contribution in [3.8, 4) is 5.75 Å². The molecular weight excluding hydrogens is 394 g/mol. The van der Waals surface area contributed by atoms with Crippen LogP contribution in [0, 0.1) is 5.41 Å². The van der Waals surface area contributed by atoms with Gasteiger partial charge >= 0.3 is 12.1 Å². The SMILES string of the molecule is N=C(N)c1ccc2cc(OC(=O)C3CCCN3C(=O)OCc3ccccc3)ccc2c1. The van der Waals surface area contributed by atoms with Gasteiger partial charge in [-0.3, -0.25) is 10.3 Å². The van der Waals surface area contributed by atoms with Crippen LogP contribution in [-0.2, 0) is 16.1 Å². The number of rotatable bonds is 5.